The molecule has 2 N–H and O–H groups in total. The topological polar surface area (TPSA) is 58.9 Å². The lowest BCUT2D eigenvalue weighted by Crippen LogP contribution is -2.18. The Labute approximate surface area is 137 Å². The van der Waals surface area contributed by atoms with Gasteiger partial charge in [0, 0.05) is 6.42 Å². The molecule has 1 atom stereocenters. The van der Waals surface area contributed by atoms with Crippen LogP contribution in [0.15, 0.2) is 42.5 Å². The van der Waals surface area contributed by atoms with E-state index in [1.165, 1.54) is 19.2 Å². The minimum Gasteiger partial charge on any atom is -0.497 e. The van der Waals surface area contributed by atoms with Crippen LogP contribution in [0.5, 0.6) is 11.5 Å². The van der Waals surface area contributed by atoms with E-state index < -0.39 is 19.1 Å². The largest absolute Gasteiger partial charge is 0.573 e. The Kier molecular flexibility index (Phi) is 5.69. The second-order valence-electron chi connectivity index (χ2n) is 5.14. The molecular formula is C17H17F3O4. The van der Waals surface area contributed by atoms with Gasteiger partial charge in [0.05, 0.1) is 13.7 Å². The molecule has 0 amide bonds. The average molecular weight is 342 g/mol. The fraction of sp³-hybridized carbons (Fsp3) is 0.294. The first-order valence-corrected chi connectivity index (χ1v) is 7.13. The van der Waals surface area contributed by atoms with Crippen molar-refractivity contribution in [1.29, 1.82) is 0 Å². The molecule has 0 aromatic heterocycles. The highest BCUT2D eigenvalue weighted by Crippen LogP contribution is 2.30. The normalized spacial score (nSPS) is 12.8. The monoisotopic (exact) mass is 342 g/mol. The molecular weight excluding hydrogens is 325 g/mol. The van der Waals surface area contributed by atoms with Crippen molar-refractivity contribution in [3.8, 4) is 11.5 Å². The van der Waals surface area contributed by atoms with Crippen LogP contribution in [0, 0.1) is 0 Å². The van der Waals surface area contributed by atoms with Crippen molar-refractivity contribution < 1.29 is 32.9 Å². The molecule has 7 heteroatoms. The van der Waals surface area contributed by atoms with E-state index in [9.17, 15) is 18.3 Å². The predicted octanol–water partition coefficient (Wildman–Crippen LogP) is 3.21. The van der Waals surface area contributed by atoms with Gasteiger partial charge >= 0.3 is 6.36 Å². The third kappa shape index (κ3) is 4.87. The van der Waals surface area contributed by atoms with E-state index in [2.05, 4.69) is 4.74 Å². The van der Waals surface area contributed by atoms with Crippen molar-refractivity contribution in [3.63, 3.8) is 0 Å². The second-order valence-corrected chi connectivity index (χ2v) is 5.14. The van der Waals surface area contributed by atoms with Crippen LogP contribution in [0.3, 0.4) is 0 Å². The van der Waals surface area contributed by atoms with Gasteiger partial charge in [-0.2, -0.15) is 0 Å². The van der Waals surface area contributed by atoms with E-state index in [4.69, 9.17) is 9.84 Å². The summed E-state index contributed by atoms with van der Waals surface area (Å²) in [4.78, 5) is 0. The summed E-state index contributed by atoms with van der Waals surface area (Å²) in [6.07, 6.45) is -5.81. The quantitative estimate of drug-likeness (QED) is 0.846. The van der Waals surface area contributed by atoms with Crippen LogP contribution >= 0.6 is 0 Å². The molecule has 0 aliphatic carbocycles. The minimum atomic E-state index is -4.81. The Balaban J connectivity index is 2.34. The molecule has 0 spiro atoms. The number of benzene rings is 2. The van der Waals surface area contributed by atoms with Gasteiger partial charge in [0.2, 0.25) is 0 Å². The highest BCUT2D eigenvalue weighted by atomic mass is 19.4. The molecule has 2 rings (SSSR count). The maximum Gasteiger partial charge on any atom is 0.573 e. The number of hydrogen-bond donors (Lipinski definition) is 2. The summed E-state index contributed by atoms with van der Waals surface area (Å²) in [5.74, 6) is 0.294. The number of ether oxygens (including phenoxy) is 2. The summed E-state index contributed by atoms with van der Waals surface area (Å²) >= 11 is 0. The summed E-state index contributed by atoms with van der Waals surface area (Å²) in [5.41, 5.74) is 1.32. The van der Waals surface area contributed by atoms with E-state index in [1.54, 1.807) is 24.3 Å². The molecule has 0 bridgehead atoms. The van der Waals surface area contributed by atoms with Crippen LogP contribution in [-0.4, -0.2) is 30.3 Å². The number of halogens is 3. The lowest BCUT2D eigenvalue weighted by Gasteiger charge is -2.16. The van der Waals surface area contributed by atoms with Crippen molar-refractivity contribution in [3.05, 3.63) is 59.2 Å². The molecule has 4 nitrogen and oxygen atoms in total. The van der Waals surface area contributed by atoms with Crippen molar-refractivity contribution in [2.45, 2.75) is 18.9 Å². The molecule has 0 heterocycles. The average Bonchev–Trinajstić information content (AvgIpc) is 2.55. The van der Waals surface area contributed by atoms with Gasteiger partial charge in [-0.1, -0.05) is 18.2 Å². The molecule has 2 aromatic carbocycles. The van der Waals surface area contributed by atoms with E-state index in [0.717, 1.165) is 11.6 Å². The van der Waals surface area contributed by atoms with Gasteiger partial charge < -0.3 is 19.7 Å². The molecule has 0 fully saturated rings. The lowest BCUT2D eigenvalue weighted by atomic mass is 9.99. The first kappa shape index (κ1) is 18.1. The number of aliphatic hydroxyl groups is 2. The van der Waals surface area contributed by atoms with Crippen LogP contribution < -0.4 is 9.47 Å². The molecule has 1 unspecified atom stereocenters. The minimum absolute atomic E-state index is 0.168. The number of alkyl halides is 3. The summed E-state index contributed by atoms with van der Waals surface area (Å²) in [5, 5.41) is 18.7. The van der Waals surface area contributed by atoms with Crippen molar-refractivity contribution in [2.24, 2.45) is 0 Å². The summed E-state index contributed by atoms with van der Waals surface area (Å²) in [7, 11) is 1.52. The van der Waals surface area contributed by atoms with Gasteiger partial charge in [-0.15, -0.1) is 13.2 Å². The van der Waals surface area contributed by atoms with Gasteiger partial charge in [0.25, 0.3) is 0 Å². The van der Waals surface area contributed by atoms with Crippen LogP contribution in [-0.2, 0) is 6.42 Å². The van der Waals surface area contributed by atoms with Crippen LogP contribution in [0.25, 0.3) is 0 Å². The number of hydrogen-bond acceptors (Lipinski definition) is 4. The van der Waals surface area contributed by atoms with E-state index in [1.807, 2.05) is 0 Å². The van der Waals surface area contributed by atoms with Gasteiger partial charge in [0.1, 0.15) is 17.6 Å². The molecule has 0 aliphatic heterocycles. The summed E-state index contributed by atoms with van der Waals surface area (Å²) in [6.45, 7) is -0.526. The third-order valence-electron chi connectivity index (χ3n) is 3.42. The Hall–Kier alpha value is -2.25. The molecule has 0 aliphatic rings. The maximum atomic E-state index is 12.6. The van der Waals surface area contributed by atoms with E-state index >= 15 is 0 Å². The molecule has 2 aromatic rings. The molecule has 0 radical (unpaired) electrons. The zero-order chi connectivity index (χ0) is 17.7. The Bertz CT molecular complexity index is 669. The lowest BCUT2D eigenvalue weighted by molar-refractivity contribution is -0.274. The molecule has 24 heavy (non-hydrogen) atoms. The van der Waals surface area contributed by atoms with Gasteiger partial charge in [0.15, 0.2) is 0 Å². The van der Waals surface area contributed by atoms with Crippen molar-refractivity contribution in [1.82, 2.24) is 0 Å². The Morgan fingerprint density at radius 3 is 2.29 bits per heavy atom. The molecule has 0 saturated heterocycles. The van der Waals surface area contributed by atoms with E-state index in [-0.39, 0.29) is 17.7 Å². The zero-order valence-electron chi connectivity index (χ0n) is 12.9. The SMILES string of the molecule is COc1ccc(Cc2cc(C(O)CO)ccc2OC(F)(F)F)cc1. The highest BCUT2D eigenvalue weighted by molar-refractivity contribution is 5.42. The number of rotatable bonds is 6. The van der Waals surface area contributed by atoms with Crippen LogP contribution in [0.4, 0.5) is 13.2 Å². The van der Waals surface area contributed by atoms with Gasteiger partial charge in [-0.3, -0.25) is 0 Å². The molecule has 130 valence electrons. The summed E-state index contributed by atoms with van der Waals surface area (Å²) in [6, 6.07) is 10.7. The highest BCUT2D eigenvalue weighted by Gasteiger charge is 2.32. The smallest absolute Gasteiger partial charge is 0.497 e. The Morgan fingerprint density at radius 2 is 1.75 bits per heavy atom. The van der Waals surface area contributed by atoms with Crippen LogP contribution in [0.2, 0.25) is 0 Å². The zero-order valence-corrected chi connectivity index (χ0v) is 12.9. The number of methoxy groups -OCH3 is 1. The third-order valence-corrected chi connectivity index (χ3v) is 3.42. The standard InChI is InChI=1S/C17H17F3O4/c1-23-14-5-2-11(3-6-14)8-13-9-12(15(22)10-21)4-7-16(13)24-17(18,19)20/h2-7,9,15,21-22H,8,10H2,1H3. The van der Waals surface area contributed by atoms with E-state index in [0.29, 0.717) is 11.3 Å². The van der Waals surface area contributed by atoms with Gasteiger partial charge in [-0.05, 0) is 41.0 Å². The Morgan fingerprint density at radius 1 is 1.08 bits per heavy atom. The van der Waals surface area contributed by atoms with Crippen LogP contribution in [0.1, 0.15) is 22.8 Å². The first-order chi connectivity index (χ1) is 11.3. The number of aliphatic hydroxyl groups excluding tert-OH is 2. The predicted molar refractivity (Wildman–Crippen MR) is 81.0 cm³/mol. The summed E-state index contributed by atoms with van der Waals surface area (Å²) < 4.78 is 46.8. The maximum absolute atomic E-state index is 12.6. The second kappa shape index (κ2) is 7.55. The molecule has 0 saturated carbocycles. The van der Waals surface area contributed by atoms with Crippen molar-refractivity contribution >= 4 is 0 Å². The fourth-order valence-corrected chi connectivity index (χ4v) is 2.24. The van der Waals surface area contributed by atoms with Crippen molar-refractivity contribution in [2.75, 3.05) is 13.7 Å². The first-order valence-electron chi connectivity index (χ1n) is 7.13. The van der Waals surface area contributed by atoms with Gasteiger partial charge in [-0.25, -0.2) is 0 Å². The fourth-order valence-electron chi connectivity index (χ4n) is 2.24.